The van der Waals surface area contributed by atoms with Gasteiger partial charge in [-0.15, -0.1) is 0 Å². The average Bonchev–Trinajstić information content (AvgIpc) is 3.11. The van der Waals surface area contributed by atoms with Crippen molar-refractivity contribution in [2.45, 2.75) is 25.0 Å². The Bertz CT molecular complexity index is 677. The maximum Gasteiger partial charge on any atom is 0.248 e. The third kappa shape index (κ3) is 4.81. The second-order valence-electron chi connectivity index (χ2n) is 6.04. The van der Waals surface area contributed by atoms with Crippen molar-refractivity contribution in [3.63, 3.8) is 0 Å². The molecule has 0 spiro atoms. The Morgan fingerprint density at radius 2 is 2.36 bits per heavy atom. The van der Waals surface area contributed by atoms with Gasteiger partial charge in [0.2, 0.25) is 5.91 Å². The fourth-order valence-electron chi connectivity index (χ4n) is 2.85. The summed E-state index contributed by atoms with van der Waals surface area (Å²) in [5.74, 6) is 0.493. The van der Waals surface area contributed by atoms with Gasteiger partial charge in [-0.05, 0) is 24.1 Å². The summed E-state index contributed by atoms with van der Waals surface area (Å²) in [7, 11) is 0. The molecular weight excluding hydrogens is 344 g/mol. The van der Waals surface area contributed by atoms with E-state index in [1.807, 2.05) is 18.2 Å². The number of hydrogen-bond acceptors (Lipinski definition) is 5. The first-order valence-corrected chi connectivity index (χ1v) is 8.68. The summed E-state index contributed by atoms with van der Waals surface area (Å²) in [6.07, 6.45) is 8.45. The molecule has 3 rings (SSSR count). The van der Waals surface area contributed by atoms with Gasteiger partial charge in [-0.1, -0.05) is 29.8 Å². The minimum Gasteiger partial charge on any atom is -0.485 e. The summed E-state index contributed by atoms with van der Waals surface area (Å²) in [4.78, 5) is 18.0. The molecule has 1 aliphatic carbocycles. The predicted molar refractivity (Wildman–Crippen MR) is 93.5 cm³/mol. The zero-order valence-corrected chi connectivity index (χ0v) is 14.6. The number of halogens is 1. The van der Waals surface area contributed by atoms with Crippen molar-refractivity contribution in [3.8, 4) is 5.75 Å². The molecule has 0 saturated carbocycles. The number of likely N-dealkylation sites (tertiary alicyclic amines) is 1. The quantitative estimate of drug-likeness (QED) is 0.781. The predicted octanol–water partition coefficient (Wildman–Crippen LogP) is 1.98. The van der Waals surface area contributed by atoms with Crippen LogP contribution in [0.5, 0.6) is 5.75 Å². The molecule has 2 heterocycles. The minimum absolute atomic E-state index is 0.0261. The van der Waals surface area contributed by atoms with Gasteiger partial charge in [0.15, 0.2) is 10.9 Å². The SMILES string of the molecule is O=C(COC1C=CC(CO)=CC1)N1CCC(Oc2cccnc2Cl)C1. The summed E-state index contributed by atoms with van der Waals surface area (Å²) in [6.45, 7) is 1.22. The van der Waals surface area contributed by atoms with Crippen LogP contribution in [0.1, 0.15) is 12.8 Å². The molecule has 0 aromatic carbocycles. The first-order valence-electron chi connectivity index (χ1n) is 8.30. The van der Waals surface area contributed by atoms with Crippen molar-refractivity contribution < 1.29 is 19.4 Å². The van der Waals surface area contributed by atoms with Crippen LogP contribution in [0.4, 0.5) is 0 Å². The molecule has 1 amide bonds. The van der Waals surface area contributed by atoms with Crippen LogP contribution in [0.3, 0.4) is 0 Å². The van der Waals surface area contributed by atoms with Crippen molar-refractivity contribution in [1.29, 1.82) is 0 Å². The lowest BCUT2D eigenvalue weighted by atomic mass is 10.1. The zero-order chi connectivity index (χ0) is 17.6. The van der Waals surface area contributed by atoms with E-state index in [1.165, 1.54) is 0 Å². The standard InChI is InChI=1S/C18H21ClN2O4/c19-18-16(2-1-8-20-18)25-15-7-9-21(10-15)17(23)12-24-14-5-3-13(11-22)4-6-14/h1-5,8,14-15,22H,6-7,9-12H2. The zero-order valence-electron chi connectivity index (χ0n) is 13.8. The van der Waals surface area contributed by atoms with Gasteiger partial charge in [0.1, 0.15) is 12.7 Å². The van der Waals surface area contributed by atoms with Crippen molar-refractivity contribution in [2.24, 2.45) is 0 Å². The van der Waals surface area contributed by atoms with E-state index < -0.39 is 0 Å². The maximum atomic E-state index is 12.3. The van der Waals surface area contributed by atoms with Crippen LogP contribution in [0.15, 0.2) is 42.1 Å². The highest BCUT2D eigenvalue weighted by atomic mass is 35.5. The monoisotopic (exact) mass is 364 g/mol. The van der Waals surface area contributed by atoms with Crippen LogP contribution < -0.4 is 4.74 Å². The van der Waals surface area contributed by atoms with E-state index in [2.05, 4.69) is 4.98 Å². The molecule has 1 aromatic heterocycles. The molecule has 1 saturated heterocycles. The minimum atomic E-state index is -0.122. The van der Waals surface area contributed by atoms with E-state index in [0.717, 1.165) is 12.0 Å². The van der Waals surface area contributed by atoms with Gasteiger partial charge < -0.3 is 19.5 Å². The van der Waals surface area contributed by atoms with E-state index in [1.54, 1.807) is 23.2 Å². The highest BCUT2D eigenvalue weighted by Gasteiger charge is 2.28. The number of aromatic nitrogens is 1. The molecule has 2 unspecified atom stereocenters. The number of ether oxygens (including phenoxy) is 2. The molecule has 0 bridgehead atoms. The van der Waals surface area contributed by atoms with Gasteiger partial charge in [-0.3, -0.25) is 4.79 Å². The van der Waals surface area contributed by atoms with Crippen LogP contribution in [0.25, 0.3) is 0 Å². The first-order chi connectivity index (χ1) is 12.2. The summed E-state index contributed by atoms with van der Waals surface area (Å²) in [5.41, 5.74) is 0.875. The Morgan fingerprint density at radius 3 is 3.08 bits per heavy atom. The van der Waals surface area contributed by atoms with Gasteiger partial charge in [0.05, 0.1) is 19.3 Å². The van der Waals surface area contributed by atoms with E-state index in [0.29, 0.717) is 30.4 Å². The Balaban J connectivity index is 1.43. The van der Waals surface area contributed by atoms with E-state index in [4.69, 9.17) is 26.2 Å². The average molecular weight is 365 g/mol. The van der Waals surface area contributed by atoms with Gasteiger partial charge >= 0.3 is 0 Å². The fourth-order valence-corrected chi connectivity index (χ4v) is 3.01. The number of pyridine rings is 1. The second kappa shape index (κ2) is 8.47. The first kappa shape index (κ1) is 17.9. The highest BCUT2D eigenvalue weighted by Crippen LogP contribution is 2.24. The Kier molecular flexibility index (Phi) is 6.07. The number of hydrogen-bond donors (Lipinski definition) is 1. The molecule has 2 atom stereocenters. The van der Waals surface area contributed by atoms with Gasteiger partial charge in [-0.25, -0.2) is 4.98 Å². The molecule has 134 valence electrons. The molecule has 2 aliphatic rings. The Labute approximate surface area is 151 Å². The highest BCUT2D eigenvalue weighted by molar-refractivity contribution is 6.30. The third-order valence-electron chi connectivity index (χ3n) is 4.26. The van der Waals surface area contributed by atoms with E-state index >= 15 is 0 Å². The summed E-state index contributed by atoms with van der Waals surface area (Å²) < 4.78 is 11.5. The number of amides is 1. The fraction of sp³-hybridized carbons (Fsp3) is 0.444. The maximum absolute atomic E-state index is 12.3. The summed E-state index contributed by atoms with van der Waals surface area (Å²) in [6, 6.07) is 3.54. The van der Waals surface area contributed by atoms with Crippen LogP contribution in [0, 0.1) is 0 Å². The van der Waals surface area contributed by atoms with Gasteiger partial charge in [-0.2, -0.15) is 0 Å². The van der Waals surface area contributed by atoms with Gasteiger partial charge in [0, 0.05) is 19.2 Å². The Morgan fingerprint density at radius 1 is 1.48 bits per heavy atom. The molecule has 1 fully saturated rings. The molecule has 6 nitrogen and oxygen atoms in total. The van der Waals surface area contributed by atoms with Crippen molar-refractivity contribution in [1.82, 2.24) is 9.88 Å². The van der Waals surface area contributed by atoms with Crippen LogP contribution in [-0.4, -0.2) is 59.4 Å². The van der Waals surface area contributed by atoms with Crippen LogP contribution in [-0.2, 0) is 9.53 Å². The van der Waals surface area contributed by atoms with E-state index in [9.17, 15) is 4.79 Å². The number of nitrogens with zero attached hydrogens (tertiary/aromatic N) is 2. The third-order valence-corrected chi connectivity index (χ3v) is 4.54. The van der Waals surface area contributed by atoms with E-state index in [-0.39, 0.29) is 31.3 Å². The lowest BCUT2D eigenvalue weighted by Gasteiger charge is -2.20. The van der Waals surface area contributed by atoms with Crippen molar-refractivity contribution in [2.75, 3.05) is 26.3 Å². The molecule has 25 heavy (non-hydrogen) atoms. The van der Waals surface area contributed by atoms with Crippen LogP contribution >= 0.6 is 11.6 Å². The molecular formula is C18H21ClN2O4. The topological polar surface area (TPSA) is 71.9 Å². The molecule has 7 heteroatoms. The smallest absolute Gasteiger partial charge is 0.248 e. The largest absolute Gasteiger partial charge is 0.485 e. The van der Waals surface area contributed by atoms with Crippen molar-refractivity contribution >= 4 is 17.5 Å². The second-order valence-corrected chi connectivity index (χ2v) is 6.40. The summed E-state index contributed by atoms with van der Waals surface area (Å²) >= 11 is 5.99. The molecule has 1 aliphatic heterocycles. The molecule has 1 aromatic rings. The number of rotatable bonds is 6. The number of aliphatic hydroxyl groups excluding tert-OH is 1. The number of carbonyl (C=O) groups is 1. The Hall–Kier alpha value is -1.89. The molecule has 1 N–H and O–H groups in total. The normalized spacial score (nSPS) is 22.8. The molecule has 0 radical (unpaired) electrons. The lowest BCUT2D eigenvalue weighted by Crippen LogP contribution is -2.34. The summed E-state index contributed by atoms with van der Waals surface area (Å²) in [5, 5.41) is 9.37. The van der Waals surface area contributed by atoms with Crippen LogP contribution in [0.2, 0.25) is 5.15 Å². The lowest BCUT2D eigenvalue weighted by molar-refractivity contribution is -0.136. The number of carbonyl (C=O) groups excluding carboxylic acids is 1. The van der Waals surface area contributed by atoms with Crippen molar-refractivity contribution in [3.05, 3.63) is 47.3 Å². The number of aliphatic hydroxyl groups is 1. The van der Waals surface area contributed by atoms with Gasteiger partial charge in [0.25, 0.3) is 0 Å².